The Bertz CT molecular complexity index is 579. The lowest BCUT2D eigenvalue weighted by molar-refractivity contribution is 0.301. The zero-order valence-corrected chi connectivity index (χ0v) is 15.6. The number of hydrogen-bond donors (Lipinski definition) is 1. The minimum atomic E-state index is -0.228. The topological polar surface area (TPSA) is 24.5 Å². The lowest BCUT2D eigenvalue weighted by Gasteiger charge is -2.14. The first kappa shape index (κ1) is 22.7. The molecule has 0 radical (unpaired) electrons. The second-order valence-electron chi connectivity index (χ2n) is 5.50. The van der Waals surface area contributed by atoms with Crippen molar-refractivity contribution < 1.29 is 9.13 Å². The number of para-hydroxylation sites is 1. The van der Waals surface area contributed by atoms with Crippen molar-refractivity contribution in [1.82, 2.24) is 10.2 Å². The van der Waals surface area contributed by atoms with E-state index in [0.717, 1.165) is 36.5 Å². The molecule has 24 heavy (non-hydrogen) atoms. The number of likely N-dealkylation sites (N-methyl/N-ethyl adjacent to an activating group) is 1. The summed E-state index contributed by atoms with van der Waals surface area (Å²) < 4.78 is 18.8. The molecule has 0 fully saturated rings. The van der Waals surface area contributed by atoms with Crippen LogP contribution in [0.25, 0.3) is 0 Å². The van der Waals surface area contributed by atoms with Gasteiger partial charge in [0.1, 0.15) is 18.2 Å². The maximum atomic E-state index is 12.9. The Kier molecular flexibility index (Phi) is 11.4. The fourth-order valence-corrected chi connectivity index (χ4v) is 2.06. The second-order valence-corrected chi connectivity index (χ2v) is 5.50. The molecule has 6 heteroatoms. The number of nitrogens with zero attached hydrogens (tertiary/aromatic N) is 1. The molecule has 2 aromatic carbocycles. The van der Waals surface area contributed by atoms with Crippen LogP contribution >= 0.6 is 24.8 Å². The fourth-order valence-electron chi connectivity index (χ4n) is 2.06. The lowest BCUT2D eigenvalue weighted by Crippen LogP contribution is -2.26. The molecule has 0 saturated heterocycles. The Morgan fingerprint density at radius 2 is 1.67 bits per heavy atom. The molecule has 134 valence electrons. The monoisotopic (exact) mass is 374 g/mol. The highest BCUT2D eigenvalue weighted by Gasteiger charge is 2.03. The van der Waals surface area contributed by atoms with E-state index in [1.54, 1.807) is 12.1 Å². The molecular weight excluding hydrogens is 350 g/mol. The third kappa shape index (κ3) is 7.97. The van der Waals surface area contributed by atoms with Crippen LogP contribution in [0.1, 0.15) is 11.1 Å². The first-order valence-electron chi connectivity index (χ1n) is 7.46. The van der Waals surface area contributed by atoms with Crippen molar-refractivity contribution in [2.75, 3.05) is 27.2 Å². The van der Waals surface area contributed by atoms with E-state index in [9.17, 15) is 4.39 Å². The molecule has 3 nitrogen and oxygen atoms in total. The first-order chi connectivity index (χ1) is 10.6. The summed E-state index contributed by atoms with van der Waals surface area (Å²) >= 11 is 0. The summed E-state index contributed by atoms with van der Waals surface area (Å²) in [5, 5.41) is 3.41. The van der Waals surface area contributed by atoms with Gasteiger partial charge in [0.05, 0.1) is 0 Å². The Balaban J connectivity index is 0.00000264. The lowest BCUT2D eigenvalue weighted by atomic mass is 10.2. The minimum absolute atomic E-state index is 0. The number of benzene rings is 2. The van der Waals surface area contributed by atoms with Gasteiger partial charge in [-0.1, -0.05) is 30.3 Å². The standard InChI is InChI=1S/C18H23FN2O.2ClH/c1-21(2)12-11-20-13-16-5-3-4-6-18(16)22-14-15-7-9-17(19)10-8-15;;/h3-10,20H,11-14H2,1-2H3;2*1H. The highest BCUT2D eigenvalue weighted by molar-refractivity contribution is 5.85. The molecule has 0 aliphatic heterocycles. The van der Waals surface area contributed by atoms with E-state index in [1.165, 1.54) is 12.1 Å². The van der Waals surface area contributed by atoms with E-state index in [2.05, 4.69) is 30.4 Å². The van der Waals surface area contributed by atoms with Crippen LogP contribution in [0, 0.1) is 5.82 Å². The highest BCUT2D eigenvalue weighted by atomic mass is 35.5. The first-order valence-corrected chi connectivity index (χ1v) is 7.46. The molecule has 0 unspecified atom stereocenters. The molecule has 0 aliphatic rings. The summed E-state index contributed by atoms with van der Waals surface area (Å²) in [6.07, 6.45) is 0. The van der Waals surface area contributed by atoms with Gasteiger partial charge in [-0.2, -0.15) is 0 Å². The number of rotatable bonds is 8. The van der Waals surface area contributed by atoms with E-state index >= 15 is 0 Å². The number of ether oxygens (including phenoxy) is 1. The summed E-state index contributed by atoms with van der Waals surface area (Å²) in [6, 6.07) is 14.4. The molecule has 0 spiro atoms. The fraction of sp³-hybridized carbons (Fsp3) is 0.333. The van der Waals surface area contributed by atoms with Gasteiger partial charge in [0, 0.05) is 25.2 Å². The van der Waals surface area contributed by atoms with Gasteiger partial charge >= 0.3 is 0 Å². The van der Waals surface area contributed by atoms with Crippen LogP contribution in [0.5, 0.6) is 5.75 Å². The van der Waals surface area contributed by atoms with Gasteiger partial charge < -0.3 is 15.0 Å². The second kappa shape index (κ2) is 12.1. The highest BCUT2D eigenvalue weighted by Crippen LogP contribution is 2.19. The van der Waals surface area contributed by atoms with Crippen LogP contribution in [0.4, 0.5) is 4.39 Å². The predicted molar refractivity (Wildman–Crippen MR) is 102 cm³/mol. The van der Waals surface area contributed by atoms with Crippen molar-refractivity contribution in [2.45, 2.75) is 13.2 Å². The van der Waals surface area contributed by atoms with Crippen LogP contribution in [-0.2, 0) is 13.2 Å². The predicted octanol–water partition coefficient (Wildman–Crippen LogP) is 3.90. The van der Waals surface area contributed by atoms with Crippen LogP contribution < -0.4 is 10.1 Å². The van der Waals surface area contributed by atoms with Crippen LogP contribution in [-0.4, -0.2) is 32.1 Å². The molecule has 0 saturated carbocycles. The Morgan fingerprint density at radius 3 is 2.33 bits per heavy atom. The zero-order chi connectivity index (χ0) is 15.8. The average Bonchev–Trinajstić information content (AvgIpc) is 2.52. The molecule has 0 amide bonds. The van der Waals surface area contributed by atoms with Crippen molar-refractivity contribution in [3.8, 4) is 5.75 Å². The molecule has 0 aliphatic carbocycles. The smallest absolute Gasteiger partial charge is 0.124 e. The molecule has 0 bridgehead atoms. The zero-order valence-electron chi connectivity index (χ0n) is 14.0. The maximum absolute atomic E-state index is 12.9. The van der Waals surface area contributed by atoms with Crippen molar-refractivity contribution in [3.63, 3.8) is 0 Å². The molecule has 0 aromatic heterocycles. The van der Waals surface area contributed by atoms with E-state index in [-0.39, 0.29) is 30.6 Å². The third-order valence-electron chi connectivity index (χ3n) is 3.33. The van der Waals surface area contributed by atoms with Gasteiger partial charge in [-0.3, -0.25) is 0 Å². The molecular formula is C18H25Cl2FN2O. The van der Waals surface area contributed by atoms with Crippen molar-refractivity contribution in [1.29, 1.82) is 0 Å². The molecule has 2 aromatic rings. The summed E-state index contributed by atoms with van der Waals surface area (Å²) in [5.41, 5.74) is 2.08. The summed E-state index contributed by atoms with van der Waals surface area (Å²) in [6.45, 7) is 3.14. The van der Waals surface area contributed by atoms with E-state index in [0.29, 0.717) is 6.61 Å². The Labute approximate surface area is 156 Å². The molecule has 2 rings (SSSR count). The van der Waals surface area contributed by atoms with Crippen molar-refractivity contribution in [2.24, 2.45) is 0 Å². The minimum Gasteiger partial charge on any atom is -0.489 e. The van der Waals surface area contributed by atoms with E-state index in [4.69, 9.17) is 4.74 Å². The van der Waals surface area contributed by atoms with Gasteiger partial charge in [-0.05, 0) is 37.9 Å². The van der Waals surface area contributed by atoms with Gasteiger partial charge in [-0.15, -0.1) is 24.8 Å². The molecule has 0 heterocycles. The average molecular weight is 375 g/mol. The molecule has 1 N–H and O–H groups in total. The van der Waals surface area contributed by atoms with Crippen molar-refractivity contribution in [3.05, 3.63) is 65.5 Å². The van der Waals surface area contributed by atoms with Gasteiger partial charge in [-0.25, -0.2) is 4.39 Å². The van der Waals surface area contributed by atoms with E-state index < -0.39 is 0 Å². The van der Waals surface area contributed by atoms with Crippen LogP contribution in [0.2, 0.25) is 0 Å². The summed E-state index contributed by atoms with van der Waals surface area (Å²) in [7, 11) is 4.11. The quantitative estimate of drug-likeness (QED) is 0.709. The molecule has 0 atom stereocenters. The van der Waals surface area contributed by atoms with Gasteiger partial charge in [0.15, 0.2) is 0 Å². The van der Waals surface area contributed by atoms with E-state index in [1.807, 2.05) is 18.2 Å². The number of hydrogen-bond acceptors (Lipinski definition) is 3. The third-order valence-corrected chi connectivity index (χ3v) is 3.33. The van der Waals surface area contributed by atoms with Gasteiger partial charge in [0.2, 0.25) is 0 Å². The number of halogens is 3. The maximum Gasteiger partial charge on any atom is 0.124 e. The SMILES string of the molecule is CN(C)CCNCc1ccccc1OCc1ccc(F)cc1.Cl.Cl. The normalized spacial score (nSPS) is 10.0. The Hall–Kier alpha value is -1.33. The Morgan fingerprint density at radius 1 is 1.00 bits per heavy atom. The van der Waals surface area contributed by atoms with Crippen molar-refractivity contribution >= 4 is 24.8 Å². The van der Waals surface area contributed by atoms with Crippen LogP contribution in [0.15, 0.2) is 48.5 Å². The van der Waals surface area contributed by atoms with Crippen LogP contribution in [0.3, 0.4) is 0 Å². The number of nitrogens with one attached hydrogen (secondary N) is 1. The van der Waals surface area contributed by atoms with Gasteiger partial charge in [0.25, 0.3) is 0 Å². The summed E-state index contributed by atoms with van der Waals surface area (Å²) in [4.78, 5) is 2.14. The summed E-state index contributed by atoms with van der Waals surface area (Å²) in [5.74, 6) is 0.637. The largest absolute Gasteiger partial charge is 0.489 e.